The summed E-state index contributed by atoms with van der Waals surface area (Å²) in [4.78, 5) is 12.5. The van der Waals surface area contributed by atoms with Gasteiger partial charge in [0, 0.05) is 22.9 Å². The summed E-state index contributed by atoms with van der Waals surface area (Å²) in [6.07, 6.45) is -8.56. The lowest BCUT2D eigenvalue weighted by atomic mass is 9.70. The van der Waals surface area contributed by atoms with Gasteiger partial charge in [0.05, 0.1) is 0 Å². The van der Waals surface area contributed by atoms with Gasteiger partial charge in [-0.3, -0.25) is 10.2 Å². The third kappa shape index (κ3) is 8.31. The molecule has 0 aromatic carbocycles. The number of halogens is 8. The minimum atomic E-state index is -5.74. The van der Waals surface area contributed by atoms with Crippen LogP contribution < -0.4 is 10.6 Å². The molecule has 0 aromatic rings. The van der Waals surface area contributed by atoms with Crippen LogP contribution in [0.4, 0.5) is 35.1 Å². The first kappa shape index (κ1) is 33.3. The van der Waals surface area contributed by atoms with Gasteiger partial charge >= 0.3 is 12.4 Å². The number of alkyl halides is 8. The highest BCUT2D eigenvalue weighted by Gasteiger charge is 2.70. The maximum Gasteiger partial charge on any atom is 0.403 e. The molecule has 2 rings (SSSR count). The summed E-state index contributed by atoms with van der Waals surface area (Å²) < 4.78 is 110. The Morgan fingerprint density at radius 3 is 2.28 bits per heavy atom. The first-order chi connectivity index (χ1) is 18.0. The van der Waals surface area contributed by atoms with Crippen molar-refractivity contribution in [3.63, 3.8) is 0 Å². The number of nitrogens with one attached hydrogen (secondary N) is 3. The molecule has 0 aromatic heterocycles. The van der Waals surface area contributed by atoms with Crippen molar-refractivity contribution in [2.75, 3.05) is 20.1 Å². The van der Waals surface area contributed by atoms with E-state index in [9.17, 15) is 39.9 Å². The van der Waals surface area contributed by atoms with E-state index in [0.29, 0.717) is 49.7 Å². The van der Waals surface area contributed by atoms with Gasteiger partial charge in [0.2, 0.25) is 0 Å². The van der Waals surface area contributed by atoms with Crippen LogP contribution in [0.25, 0.3) is 0 Å². The van der Waals surface area contributed by atoms with E-state index >= 15 is 0 Å². The van der Waals surface area contributed by atoms with Crippen molar-refractivity contribution in [3.05, 3.63) is 34.3 Å². The number of carbonyl (C=O) groups excluding carboxylic acids is 1. The molecule has 0 aliphatic heterocycles. The van der Waals surface area contributed by atoms with Crippen molar-refractivity contribution in [2.24, 2.45) is 23.2 Å². The second-order valence-corrected chi connectivity index (χ2v) is 11.3. The lowest BCUT2D eigenvalue weighted by molar-refractivity contribution is -0.347. The predicted octanol–water partition coefficient (Wildman–Crippen LogP) is 7.40. The Labute approximate surface area is 227 Å². The first-order valence-electron chi connectivity index (χ1n) is 12.8. The summed E-state index contributed by atoms with van der Waals surface area (Å²) in [5, 5.41) is 13.3. The zero-order valence-corrected chi connectivity index (χ0v) is 22.9. The van der Waals surface area contributed by atoms with Crippen LogP contribution in [-0.4, -0.2) is 49.9 Å². The van der Waals surface area contributed by atoms with E-state index in [-0.39, 0.29) is 23.3 Å². The lowest BCUT2D eigenvalue weighted by Gasteiger charge is -2.40. The van der Waals surface area contributed by atoms with Gasteiger partial charge in [-0.1, -0.05) is 43.3 Å². The average Bonchev–Trinajstić information content (AvgIpc) is 2.80. The van der Waals surface area contributed by atoms with Crippen LogP contribution in [0.3, 0.4) is 0 Å². The fourth-order valence-corrected chi connectivity index (χ4v) is 5.44. The van der Waals surface area contributed by atoms with Crippen LogP contribution >= 0.6 is 11.8 Å². The highest BCUT2D eigenvalue weighted by atomic mass is 32.2. The molecule has 1 amide bonds. The molecule has 0 radical (unpaired) electrons. The van der Waals surface area contributed by atoms with Crippen molar-refractivity contribution < 1.29 is 39.9 Å². The minimum Gasteiger partial charge on any atom is -0.350 e. The van der Waals surface area contributed by atoms with Crippen molar-refractivity contribution in [3.8, 4) is 0 Å². The van der Waals surface area contributed by atoms with E-state index in [1.54, 1.807) is 20.0 Å². The quantitative estimate of drug-likeness (QED) is 0.102. The molecule has 1 fully saturated rings. The van der Waals surface area contributed by atoms with Crippen LogP contribution in [0.5, 0.6) is 0 Å². The summed E-state index contributed by atoms with van der Waals surface area (Å²) in [5.74, 6) is -2.97. The van der Waals surface area contributed by atoms with Gasteiger partial charge in [0.1, 0.15) is 0 Å². The molecule has 2 unspecified atom stereocenters. The molecular weight excluding hydrogens is 554 g/mol. The van der Waals surface area contributed by atoms with E-state index in [1.165, 1.54) is 0 Å². The Kier molecular flexibility index (Phi) is 11.7. The molecule has 2 atom stereocenters. The van der Waals surface area contributed by atoms with Crippen molar-refractivity contribution in [1.29, 1.82) is 5.41 Å². The van der Waals surface area contributed by atoms with Gasteiger partial charge in [-0.25, -0.2) is 8.78 Å². The Hall–Kier alpha value is -1.89. The molecule has 0 bridgehead atoms. The fourth-order valence-electron chi connectivity index (χ4n) is 4.45. The van der Waals surface area contributed by atoms with Crippen LogP contribution in [-0.2, 0) is 4.79 Å². The van der Waals surface area contributed by atoms with Crippen LogP contribution in [0.15, 0.2) is 34.3 Å². The lowest BCUT2D eigenvalue weighted by Crippen LogP contribution is -2.52. The molecule has 4 nitrogen and oxygen atoms in total. The number of thioether (sulfide) groups is 1. The van der Waals surface area contributed by atoms with E-state index in [4.69, 9.17) is 5.41 Å². The summed E-state index contributed by atoms with van der Waals surface area (Å²) in [7, 11) is 1.75. The Morgan fingerprint density at radius 2 is 1.79 bits per heavy atom. The number of hydrogen-bond acceptors (Lipinski definition) is 4. The number of allylic oxidation sites excluding steroid dienone is 5. The van der Waals surface area contributed by atoms with E-state index in [1.807, 2.05) is 0 Å². The minimum absolute atomic E-state index is 0.0203. The molecule has 2 aliphatic carbocycles. The van der Waals surface area contributed by atoms with Crippen molar-refractivity contribution >= 4 is 22.7 Å². The zero-order valence-electron chi connectivity index (χ0n) is 22.0. The number of rotatable bonds is 11. The third-order valence-electron chi connectivity index (χ3n) is 7.40. The smallest absolute Gasteiger partial charge is 0.350 e. The van der Waals surface area contributed by atoms with Gasteiger partial charge in [-0.2, -0.15) is 26.3 Å². The highest BCUT2D eigenvalue weighted by molar-refractivity contribution is 8.19. The van der Waals surface area contributed by atoms with E-state index < -0.39 is 53.1 Å². The van der Waals surface area contributed by atoms with E-state index in [0.717, 1.165) is 25.3 Å². The summed E-state index contributed by atoms with van der Waals surface area (Å²) in [6, 6.07) is 0. The second-order valence-electron chi connectivity index (χ2n) is 10.3. The molecule has 0 spiro atoms. The van der Waals surface area contributed by atoms with Gasteiger partial charge in [0.25, 0.3) is 12.3 Å². The van der Waals surface area contributed by atoms with E-state index in [2.05, 4.69) is 10.6 Å². The van der Waals surface area contributed by atoms with Crippen molar-refractivity contribution in [2.45, 2.75) is 71.2 Å². The van der Waals surface area contributed by atoms with Crippen LogP contribution in [0, 0.1) is 28.6 Å². The monoisotopic (exact) mass is 589 g/mol. The zero-order chi connectivity index (χ0) is 29.6. The maximum absolute atomic E-state index is 14.2. The largest absolute Gasteiger partial charge is 0.403 e. The molecule has 0 heterocycles. The molecular formula is C26H35F8N3OS. The standard InChI is InChI=1S/C26H35F8N3OS/c1-15(6-5-11-36-3)12-20(39-22(35)23(38)37-14-16-7-4-8-16)18-10-9-17(13-19(18)21(27)28)24(2,25(29,30)31)26(32,33)34/h10,12-13,15-17,21,35-36H,4-9,11,14H2,1-3H3,(H,37,38)/b20-12+,35-22?. The topological polar surface area (TPSA) is 65.0 Å². The predicted molar refractivity (Wildman–Crippen MR) is 137 cm³/mol. The number of carbonyl (C=O) groups is 1. The number of amides is 1. The third-order valence-corrected chi connectivity index (χ3v) is 8.37. The molecule has 3 N–H and O–H groups in total. The van der Waals surface area contributed by atoms with Gasteiger partial charge < -0.3 is 10.6 Å². The van der Waals surface area contributed by atoms with Gasteiger partial charge in [0.15, 0.2) is 10.5 Å². The molecule has 39 heavy (non-hydrogen) atoms. The molecule has 2 aliphatic rings. The normalized spacial score (nSPS) is 20.3. The SMILES string of the molecule is CNCCCC(C)/C=C(/SC(=N)C(=O)NCC1CCC1)C1=CCC(C(C)(C(F)(F)F)C(F)(F)F)C=C1C(F)F. The molecule has 222 valence electrons. The Bertz CT molecular complexity index is 953. The molecule has 0 saturated heterocycles. The molecule has 1 saturated carbocycles. The Balaban J connectivity index is 2.41. The summed E-state index contributed by atoms with van der Waals surface area (Å²) in [5.41, 5.74) is -5.47. The second kappa shape index (κ2) is 13.6. The number of hydrogen-bond donors (Lipinski definition) is 3. The van der Waals surface area contributed by atoms with Crippen LogP contribution in [0.2, 0.25) is 0 Å². The first-order valence-corrected chi connectivity index (χ1v) is 13.6. The summed E-state index contributed by atoms with van der Waals surface area (Å²) in [6.45, 7) is 2.79. The maximum atomic E-state index is 14.2. The van der Waals surface area contributed by atoms with Crippen LogP contribution in [0.1, 0.15) is 52.4 Å². The highest BCUT2D eigenvalue weighted by Crippen LogP contribution is 2.57. The average molecular weight is 590 g/mol. The van der Waals surface area contributed by atoms with Gasteiger partial charge in [-0.05, 0) is 70.0 Å². The summed E-state index contributed by atoms with van der Waals surface area (Å²) >= 11 is 0.575. The fraction of sp³-hybridized carbons (Fsp3) is 0.692. The molecule has 13 heteroatoms. The van der Waals surface area contributed by atoms with Crippen molar-refractivity contribution in [1.82, 2.24) is 10.6 Å². The van der Waals surface area contributed by atoms with Gasteiger partial charge in [-0.15, -0.1) is 0 Å². The Morgan fingerprint density at radius 1 is 1.18 bits per heavy atom.